The van der Waals surface area contributed by atoms with Gasteiger partial charge in [0.05, 0.1) is 6.61 Å². The quantitative estimate of drug-likeness (QED) is 0.831. The van der Waals surface area contributed by atoms with E-state index in [1.165, 1.54) is 44.1 Å². The van der Waals surface area contributed by atoms with E-state index in [-0.39, 0.29) is 6.61 Å². The summed E-state index contributed by atoms with van der Waals surface area (Å²) in [5.41, 5.74) is 11.0. The van der Waals surface area contributed by atoms with Crippen LogP contribution in [-0.2, 0) is 13.0 Å². The van der Waals surface area contributed by atoms with Gasteiger partial charge >= 0.3 is 0 Å². The Kier molecular flexibility index (Phi) is 3.16. The van der Waals surface area contributed by atoms with Crippen LogP contribution in [0.25, 0.3) is 0 Å². The van der Waals surface area contributed by atoms with Crippen molar-refractivity contribution in [3.05, 3.63) is 34.9 Å². The fraction of sp³-hybridized carbons (Fsp3) is 0.684. The van der Waals surface area contributed by atoms with E-state index < -0.39 is 0 Å². The third kappa shape index (κ3) is 1.92. The van der Waals surface area contributed by atoms with E-state index in [1.807, 2.05) is 0 Å². The first-order valence-electron chi connectivity index (χ1n) is 8.61. The third-order valence-electron chi connectivity index (χ3n) is 7.05. The minimum absolute atomic E-state index is 0.164. The topological polar surface area (TPSA) is 46.2 Å². The zero-order valence-corrected chi connectivity index (χ0v) is 13.0. The van der Waals surface area contributed by atoms with Crippen molar-refractivity contribution in [2.24, 2.45) is 23.0 Å². The predicted octanol–water partition coefficient (Wildman–Crippen LogP) is 3.36. The van der Waals surface area contributed by atoms with Gasteiger partial charge in [-0.2, -0.15) is 0 Å². The van der Waals surface area contributed by atoms with E-state index in [0.717, 1.165) is 23.3 Å². The molecule has 114 valence electrons. The number of hydrogen-bond donors (Lipinski definition) is 2. The first-order valence-corrected chi connectivity index (χ1v) is 8.61. The number of aryl methyl sites for hydroxylation is 1. The molecule has 5 unspecified atom stereocenters. The van der Waals surface area contributed by atoms with Crippen molar-refractivity contribution in [3.63, 3.8) is 0 Å². The number of aliphatic hydroxyl groups excluding tert-OH is 1. The van der Waals surface area contributed by atoms with Gasteiger partial charge < -0.3 is 10.8 Å². The maximum absolute atomic E-state index is 9.34. The van der Waals surface area contributed by atoms with Gasteiger partial charge in [-0.3, -0.25) is 0 Å². The normalized spacial score (nSPS) is 41.3. The van der Waals surface area contributed by atoms with Crippen LogP contribution in [0, 0.1) is 17.3 Å². The van der Waals surface area contributed by atoms with Gasteiger partial charge in [0.2, 0.25) is 0 Å². The Morgan fingerprint density at radius 1 is 1.24 bits per heavy atom. The second kappa shape index (κ2) is 4.82. The van der Waals surface area contributed by atoms with Crippen molar-refractivity contribution in [2.45, 2.75) is 64.0 Å². The Balaban J connectivity index is 1.68. The molecule has 2 fully saturated rings. The molecule has 0 amide bonds. The number of fused-ring (bicyclic) bond motifs is 5. The average Bonchev–Trinajstić information content (AvgIpc) is 2.82. The Morgan fingerprint density at radius 2 is 2.10 bits per heavy atom. The van der Waals surface area contributed by atoms with Crippen LogP contribution < -0.4 is 5.73 Å². The second-order valence-electron chi connectivity index (χ2n) is 7.84. The lowest BCUT2D eigenvalue weighted by Gasteiger charge is -2.50. The van der Waals surface area contributed by atoms with Crippen molar-refractivity contribution >= 4 is 0 Å². The van der Waals surface area contributed by atoms with Crippen LogP contribution in [0.5, 0.6) is 0 Å². The van der Waals surface area contributed by atoms with E-state index in [2.05, 4.69) is 25.1 Å². The molecule has 5 atom stereocenters. The Bertz CT molecular complexity index is 554. The molecule has 2 nitrogen and oxygen atoms in total. The van der Waals surface area contributed by atoms with Crippen LogP contribution in [0.3, 0.4) is 0 Å². The molecular weight excluding hydrogens is 258 g/mol. The molecule has 0 heterocycles. The number of nitrogens with two attached hydrogens (primary N) is 1. The summed E-state index contributed by atoms with van der Waals surface area (Å²) in [6.45, 7) is 2.62. The van der Waals surface area contributed by atoms with Gasteiger partial charge in [0.1, 0.15) is 0 Å². The molecule has 1 aromatic carbocycles. The molecule has 2 heteroatoms. The average molecular weight is 285 g/mol. The second-order valence-corrected chi connectivity index (χ2v) is 7.84. The van der Waals surface area contributed by atoms with Crippen LogP contribution in [0.15, 0.2) is 18.2 Å². The molecule has 4 rings (SSSR count). The summed E-state index contributed by atoms with van der Waals surface area (Å²) in [7, 11) is 0. The standard InChI is InChI=1S/C19H27NO/c1-19-9-8-15-14-4-2-12(11-21)10-13(14)3-5-16(15)17(19)6-7-18(19)20/h2,4,10,15-18,21H,3,5-9,11,20H2,1H3. The summed E-state index contributed by atoms with van der Waals surface area (Å²) in [6, 6.07) is 7.08. The fourth-order valence-electron chi connectivity index (χ4n) is 5.77. The third-order valence-corrected chi connectivity index (χ3v) is 7.05. The van der Waals surface area contributed by atoms with Crippen LogP contribution in [0.1, 0.15) is 61.6 Å². The number of rotatable bonds is 1. The highest BCUT2D eigenvalue weighted by atomic mass is 16.3. The van der Waals surface area contributed by atoms with Crippen LogP contribution >= 0.6 is 0 Å². The molecule has 0 aliphatic heterocycles. The summed E-state index contributed by atoms with van der Waals surface area (Å²) >= 11 is 0. The van der Waals surface area contributed by atoms with Crippen LogP contribution in [-0.4, -0.2) is 11.1 Å². The molecule has 0 saturated heterocycles. The van der Waals surface area contributed by atoms with Gasteiger partial charge in [0, 0.05) is 6.04 Å². The summed E-state index contributed by atoms with van der Waals surface area (Å²) in [5, 5.41) is 9.34. The monoisotopic (exact) mass is 285 g/mol. The molecule has 3 aliphatic carbocycles. The van der Waals surface area contributed by atoms with Crippen molar-refractivity contribution in [1.29, 1.82) is 0 Å². The first kappa shape index (κ1) is 13.8. The summed E-state index contributed by atoms with van der Waals surface area (Å²) in [6.07, 6.45) is 7.66. The Morgan fingerprint density at radius 3 is 2.90 bits per heavy atom. The molecule has 21 heavy (non-hydrogen) atoms. The molecule has 0 aromatic heterocycles. The van der Waals surface area contributed by atoms with Gasteiger partial charge in [-0.05, 0) is 78.4 Å². The van der Waals surface area contributed by atoms with E-state index in [1.54, 1.807) is 5.56 Å². The van der Waals surface area contributed by atoms with Gasteiger partial charge in [0.15, 0.2) is 0 Å². The lowest BCUT2D eigenvalue weighted by molar-refractivity contribution is 0.0496. The highest BCUT2D eigenvalue weighted by Gasteiger charge is 2.53. The highest BCUT2D eigenvalue weighted by molar-refractivity contribution is 5.38. The number of benzene rings is 1. The van der Waals surface area contributed by atoms with E-state index in [0.29, 0.717) is 11.5 Å². The maximum Gasteiger partial charge on any atom is 0.0681 e. The zero-order valence-electron chi connectivity index (χ0n) is 13.0. The van der Waals surface area contributed by atoms with Crippen molar-refractivity contribution in [2.75, 3.05) is 0 Å². The SMILES string of the molecule is CC12CCC3c4ccc(CO)cc4CCC3C1CCC2N. The fourth-order valence-corrected chi connectivity index (χ4v) is 5.77. The van der Waals surface area contributed by atoms with Gasteiger partial charge in [0.25, 0.3) is 0 Å². The summed E-state index contributed by atoms with van der Waals surface area (Å²) in [5.74, 6) is 2.41. The van der Waals surface area contributed by atoms with Gasteiger partial charge in [-0.15, -0.1) is 0 Å². The molecular formula is C19H27NO. The van der Waals surface area contributed by atoms with Crippen molar-refractivity contribution in [3.8, 4) is 0 Å². The number of hydrogen-bond acceptors (Lipinski definition) is 2. The Labute approximate surface area is 127 Å². The van der Waals surface area contributed by atoms with Gasteiger partial charge in [-0.1, -0.05) is 25.1 Å². The molecule has 0 radical (unpaired) electrons. The van der Waals surface area contributed by atoms with Crippen LogP contribution in [0.4, 0.5) is 0 Å². The van der Waals surface area contributed by atoms with Crippen molar-refractivity contribution in [1.82, 2.24) is 0 Å². The highest BCUT2D eigenvalue weighted by Crippen LogP contribution is 2.60. The molecule has 3 aliphatic rings. The smallest absolute Gasteiger partial charge is 0.0681 e. The zero-order chi connectivity index (χ0) is 14.6. The van der Waals surface area contributed by atoms with Gasteiger partial charge in [-0.25, -0.2) is 0 Å². The predicted molar refractivity (Wildman–Crippen MR) is 85.0 cm³/mol. The Hall–Kier alpha value is -0.860. The molecule has 1 aromatic rings. The van der Waals surface area contributed by atoms with E-state index in [9.17, 15) is 5.11 Å². The summed E-state index contributed by atoms with van der Waals surface area (Å²) in [4.78, 5) is 0. The minimum atomic E-state index is 0.164. The molecule has 3 N–H and O–H groups in total. The molecule has 0 spiro atoms. The molecule has 0 bridgehead atoms. The van der Waals surface area contributed by atoms with E-state index in [4.69, 9.17) is 5.73 Å². The van der Waals surface area contributed by atoms with Crippen LogP contribution in [0.2, 0.25) is 0 Å². The number of aliphatic hydroxyl groups is 1. The minimum Gasteiger partial charge on any atom is -0.392 e. The first-order chi connectivity index (χ1) is 10.1. The maximum atomic E-state index is 9.34. The van der Waals surface area contributed by atoms with Crippen molar-refractivity contribution < 1.29 is 5.11 Å². The lowest BCUT2D eigenvalue weighted by Crippen LogP contribution is -2.46. The molecule has 2 saturated carbocycles. The largest absolute Gasteiger partial charge is 0.392 e. The van der Waals surface area contributed by atoms with E-state index >= 15 is 0 Å². The summed E-state index contributed by atoms with van der Waals surface area (Å²) < 4.78 is 0. The lowest BCUT2D eigenvalue weighted by atomic mass is 9.55.